The summed E-state index contributed by atoms with van der Waals surface area (Å²) < 4.78 is 4.41. The van der Waals surface area contributed by atoms with Crippen molar-refractivity contribution < 1.29 is 4.57 Å². The average molecular weight is 278 g/mol. The Balaban J connectivity index is 2.20. The third kappa shape index (κ3) is 2.55. The van der Waals surface area contributed by atoms with Crippen LogP contribution in [0.2, 0.25) is 0 Å². The highest BCUT2D eigenvalue weighted by Crippen LogP contribution is 2.31. The van der Waals surface area contributed by atoms with E-state index in [1.165, 1.54) is 0 Å². The van der Waals surface area contributed by atoms with Gasteiger partial charge in [-0.25, -0.2) is 9.13 Å². The Hall–Kier alpha value is -2.55. The standard InChI is InChI=1S/C18H20N3/c1-3-20-15-14-19(2)18(20)21(16-10-6-4-7-11-16)17-12-8-5-9-13-17/h4-15H,3H2,1-2H3/q+1. The van der Waals surface area contributed by atoms with Crippen LogP contribution in [0.5, 0.6) is 0 Å². The Kier molecular flexibility index (Phi) is 3.73. The van der Waals surface area contributed by atoms with Crippen molar-refractivity contribution in [2.45, 2.75) is 13.5 Å². The van der Waals surface area contributed by atoms with Crippen LogP contribution in [-0.2, 0) is 13.6 Å². The normalized spacial score (nSPS) is 10.6. The molecule has 0 spiro atoms. The molecule has 0 radical (unpaired) electrons. The first kappa shape index (κ1) is 13.4. The molecule has 1 heterocycles. The second-order valence-electron chi connectivity index (χ2n) is 5.00. The molecule has 1 aromatic heterocycles. The molecule has 0 saturated carbocycles. The van der Waals surface area contributed by atoms with Crippen molar-refractivity contribution in [2.24, 2.45) is 7.05 Å². The molecule has 0 aliphatic rings. The molecule has 2 aromatic carbocycles. The highest BCUT2D eigenvalue weighted by Gasteiger charge is 2.25. The van der Waals surface area contributed by atoms with Crippen LogP contribution in [0.1, 0.15) is 6.92 Å². The zero-order valence-electron chi connectivity index (χ0n) is 12.5. The van der Waals surface area contributed by atoms with Gasteiger partial charge in [-0.15, -0.1) is 0 Å². The molecule has 3 nitrogen and oxygen atoms in total. The van der Waals surface area contributed by atoms with Crippen LogP contribution < -0.4 is 9.47 Å². The second-order valence-corrected chi connectivity index (χ2v) is 5.00. The molecule has 0 aliphatic heterocycles. The molecule has 3 aromatic rings. The molecule has 0 aliphatic carbocycles. The minimum atomic E-state index is 0.937. The van der Waals surface area contributed by atoms with Gasteiger partial charge in [-0.1, -0.05) is 36.4 Å². The molecule has 0 unspecified atom stereocenters. The van der Waals surface area contributed by atoms with E-state index in [1.807, 2.05) is 12.1 Å². The van der Waals surface area contributed by atoms with Gasteiger partial charge >= 0.3 is 5.95 Å². The van der Waals surface area contributed by atoms with Gasteiger partial charge in [0.1, 0.15) is 11.4 Å². The summed E-state index contributed by atoms with van der Waals surface area (Å²) >= 11 is 0. The number of para-hydroxylation sites is 2. The summed E-state index contributed by atoms with van der Waals surface area (Å²) in [6.45, 7) is 3.10. The lowest BCUT2D eigenvalue weighted by Gasteiger charge is -2.19. The van der Waals surface area contributed by atoms with E-state index in [0.29, 0.717) is 0 Å². The van der Waals surface area contributed by atoms with Gasteiger partial charge < -0.3 is 0 Å². The lowest BCUT2D eigenvalue weighted by atomic mass is 10.2. The summed E-state index contributed by atoms with van der Waals surface area (Å²) in [5, 5.41) is 0. The van der Waals surface area contributed by atoms with E-state index in [0.717, 1.165) is 23.9 Å². The quantitative estimate of drug-likeness (QED) is 0.661. The molecule has 106 valence electrons. The van der Waals surface area contributed by atoms with Crippen LogP contribution in [0.3, 0.4) is 0 Å². The molecule has 0 bridgehead atoms. The molecule has 21 heavy (non-hydrogen) atoms. The van der Waals surface area contributed by atoms with Crippen molar-refractivity contribution in [3.8, 4) is 0 Å². The molecule has 0 saturated heterocycles. The molecular formula is C18H20N3+. The summed E-state index contributed by atoms with van der Waals surface area (Å²) in [5.74, 6) is 1.15. The van der Waals surface area contributed by atoms with E-state index >= 15 is 0 Å². The zero-order chi connectivity index (χ0) is 14.7. The van der Waals surface area contributed by atoms with Crippen LogP contribution >= 0.6 is 0 Å². The van der Waals surface area contributed by atoms with E-state index in [1.54, 1.807) is 0 Å². The maximum Gasteiger partial charge on any atom is 0.369 e. The van der Waals surface area contributed by atoms with Gasteiger partial charge in [0.2, 0.25) is 0 Å². The van der Waals surface area contributed by atoms with Crippen LogP contribution in [0.4, 0.5) is 17.3 Å². The molecule has 0 fully saturated rings. The van der Waals surface area contributed by atoms with E-state index in [2.05, 4.69) is 88.9 Å². The number of rotatable bonds is 4. The number of aromatic nitrogens is 2. The molecule has 3 heteroatoms. The Morgan fingerprint density at radius 3 is 1.90 bits per heavy atom. The highest BCUT2D eigenvalue weighted by molar-refractivity contribution is 5.71. The highest BCUT2D eigenvalue weighted by atomic mass is 15.3. The SMILES string of the molecule is CCn1cc[n+](C)c1N(c1ccccc1)c1ccccc1. The van der Waals surface area contributed by atoms with Crippen molar-refractivity contribution in [1.82, 2.24) is 4.57 Å². The Morgan fingerprint density at radius 1 is 0.905 bits per heavy atom. The van der Waals surface area contributed by atoms with Gasteiger partial charge in [0.25, 0.3) is 0 Å². The van der Waals surface area contributed by atoms with Crippen molar-refractivity contribution in [3.63, 3.8) is 0 Å². The van der Waals surface area contributed by atoms with Crippen molar-refractivity contribution in [1.29, 1.82) is 0 Å². The number of hydrogen-bond donors (Lipinski definition) is 0. The van der Waals surface area contributed by atoms with E-state index in [-0.39, 0.29) is 0 Å². The molecular weight excluding hydrogens is 258 g/mol. The largest absolute Gasteiger partial charge is 0.369 e. The molecule has 3 rings (SSSR count). The first-order valence-corrected chi connectivity index (χ1v) is 7.26. The number of nitrogens with zero attached hydrogens (tertiary/aromatic N) is 3. The molecule has 0 N–H and O–H groups in total. The summed E-state index contributed by atoms with van der Waals surface area (Å²) in [6.07, 6.45) is 4.21. The van der Waals surface area contributed by atoms with Gasteiger partial charge in [0.15, 0.2) is 0 Å². The third-order valence-corrected chi connectivity index (χ3v) is 3.61. The van der Waals surface area contributed by atoms with Gasteiger partial charge in [-0.05, 0) is 31.2 Å². The second kappa shape index (κ2) is 5.83. The van der Waals surface area contributed by atoms with Crippen molar-refractivity contribution in [2.75, 3.05) is 4.90 Å². The average Bonchev–Trinajstić information content (AvgIpc) is 2.91. The Labute approximate surface area is 125 Å². The Morgan fingerprint density at radius 2 is 1.43 bits per heavy atom. The van der Waals surface area contributed by atoms with Gasteiger partial charge in [0.05, 0.1) is 26.0 Å². The summed E-state index contributed by atoms with van der Waals surface area (Å²) in [7, 11) is 2.08. The first-order chi connectivity index (χ1) is 10.3. The number of imidazole rings is 1. The summed E-state index contributed by atoms with van der Waals surface area (Å²) in [6, 6.07) is 20.9. The van der Waals surface area contributed by atoms with Crippen molar-refractivity contribution in [3.05, 3.63) is 73.1 Å². The monoisotopic (exact) mass is 278 g/mol. The fraction of sp³-hybridized carbons (Fsp3) is 0.167. The van der Waals surface area contributed by atoms with E-state index < -0.39 is 0 Å². The molecule has 0 amide bonds. The van der Waals surface area contributed by atoms with E-state index in [9.17, 15) is 0 Å². The number of aryl methyl sites for hydroxylation is 2. The van der Waals surface area contributed by atoms with Gasteiger partial charge in [0, 0.05) is 0 Å². The predicted molar refractivity (Wildman–Crippen MR) is 86.0 cm³/mol. The molecule has 0 atom stereocenters. The fourth-order valence-corrected chi connectivity index (χ4v) is 2.58. The van der Waals surface area contributed by atoms with Gasteiger partial charge in [-0.2, -0.15) is 4.90 Å². The topological polar surface area (TPSA) is 12.0 Å². The first-order valence-electron chi connectivity index (χ1n) is 7.26. The minimum absolute atomic E-state index is 0.937. The van der Waals surface area contributed by atoms with Crippen LogP contribution in [-0.4, -0.2) is 4.57 Å². The number of benzene rings is 2. The number of anilines is 3. The fourth-order valence-electron chi connectivity index (χ4n) is 2.58. The smallest absolute Gasteiger partial charge is 0.237 e. The van der Waals surface area contributed by atoms with Gasteiger partial charge in [-0.3, -0.25) is 0 Å². The van der Waals surface area contributed by atoms with Crippen LogP contribution in [0.25, 0.3) is 0 Å². The third-order valence-electron chi connectivity index (χ3n) is 3.61. The minimum Gasteiger partial charge on any atom is -0.237 e. The van der Waals surface area contributed by atoms with Crippen LogP contribution in [0, 0.1) is 0 Å². The summed E-state index contributed by atoms with van der Waals surface area (Å²) in [5.41, 5.74) is 2.32. The lowest BCUT2D eigenvalue weighted by Crippen LogP contribution is -2.34. The van der Waals surface area contributed by atoms with Crippen LogP contribution in [0.15, 0.2) is 73.1 Å². The van der Waals surface area contributed by atoms with Crippen molar-refractivity contribution >= 4 is 17.3 Å². The summed E-state index contributed by atoms with van der Waals surface area (Å²) in [4.78, 5) is 2.28. The number of hydrogen-bond acceptors (Lipinski definition) is 1. The predicted octanol–water partition coefficient (Wildman–Crippen LogP) is 3.80. The maximum absolute atomic E-state index is 2.28. The zero-order valence-corrected chi connectivity index (χ0v) is 12.5. The maximum atomic E-state index is 2.28. The Bertz CT molecular complexity index is 662. The lowest BCUT2D eigenvalue weighted by molar-refractivity contribution is -0.657. The van der Waals surface area contributed by atoms with E-state index in [4.69, 9.17) is 0 Å².